The lowest BCUT2D eigenvalue weighted by molar-refractivity contribution is -0.123. The molecule has 2 aliphatic heterocycles. The molecule has 4 aliphatic carbocycles. The van der Waals surface area contributed by atoms with Crippen molar-refractivity contribution in [2.24, 2.45) is 11.8 Å². The van der Waals surface area contributed by atoms with Gasteiger partial charge in [0.2, 0.25) is 6.41 Å². The summed E-state index contributed by atoms with van der Waals surface area (Å²) in [5, 5.41) is 12.0. The van der Waals surface area contributed by atoms with Gasteiger partial charge in [0.1, 0.15) is 24.2 Å². The fourth-order valence-electron chi connectivity index (χ4n) is 12.1. The van der Waals surface area contributed by atoms with Crippen LogP contribution in [0, 0.1) is 11.8 Å². The number of hydrogen-bond acceptors (Lipinski definition) is 10. The van der Waals surface area contributed by atoms with Gasteiger partial charge in [0, 0.05) is 19.8 Å². The summed E-state index contributed by atoms with van der Waals surface area (Å²) in [4.78, 5) is 59.7. The van der Waals surface area contributed by atoms with Crippen LogP contribution in [0.2, 0.25) is 0 Å². The molecule has 2 saturated heterocycles. The number of aromatic amines is 2. The van der Waals surface area contributed by atoms with Crippen LogP contribution in [0.15, 0.2) is 48.7 Å². The van der Waals surface area contributed by atoms with Gasteiger partial charge in [0.15, 0.2) is 0 Å². The second-order valence-corrected chi connectivity index (χ2v) is 20.5. The van der Waals surface area contributed by atoms with Crippen molar-refractivity contribution in [3.63, 3.8) is 0 Å². The highest BCUT2D eigenvalue weighted by molar-refractivity contribution is 5.88. The number of H-pyrrole nitrogens is 2. The summed E-state index contributed by atoms with van der Waals surface area (Å²) in [5.74, 6) is 5.61. The van der Waals surface area contributed by atoms with E-state index in [1.165, 1.54) is 110 Å². The predicted molar refractivity (Wildman–Crippen MR) is 288 cm³/mol. The minimum Gasteiger partial charge on any atom is -0.483 e. The summed E-state index contributed by atoms with van der Waals surface area (Å²) in [6.45, 7) is 10.6. The Morgan fingerprint density at radius 1 is 0.806 bits per heavy atom. The van der Waals surface area contributed by atoms with Gasteiger partial charge in [-0.1, -0.05) is 70.9 Å². The van der Waals surface area contributed by atoms with Gasteiger partial charge < -0.3 is 40.0 Å². The van der Waals surface area contributed by atoms with Crippen LogP contribution in [0.1, 0.15) is 162 Å². The third-order valence-electron chi connectivity index (χ3n) is 15.8. The minimum absolute atomic E-state index is 0.0370. The molecule has 14 heteroatoms. The van der Waals surface area contributed by atoms with E-state index in [9.17, 15) is 14.4 Å². The van der Waals surface area contributed by atoms with Crippen molar-refractivity contribution in [1.29, 1.82) is 0 Å². The molecule has 2 aromatic heterocycles. The number of likely N-dealkylation sites (N-methyl/N-ethyl adjacent to an activating group) is 1. The topological polar surface area (TPSA) is 186 Å². The number of benzene rings is 3. The highest BCUT2D eigenvalue weighted by Gasteiger charge is 2.45. The zero-order valence-corrected chi connectivity index (χ0v) is 44.4. The SMILES string of the molecule is CCC.CCC(C)C(C=O)NC.CN1CCCC1c1ncc(-c2ccc(-c3ccc(-c4ccc5nc([C@@H]6CCCN6C)[nH]c5c4)c4c3C3CCC4C3)c3c2CC2CCC32)[nH]1.COC.O=CCNC=O.O=CO. The van der Waals surface area contributed by atoms with Gasteiger partial charge in [-0.25, -0.2) is 9.97 Å². The second-order valence-electron chi connectivity index (χ2n) is 20.5. The number of aromatic nitrogens is 4. The molecule has 5 aromatic rings. The smallest absolute Gasteiger partial charge is 0.290 e. The van der Waals surface area contributed by atoms with Crippen LogP contribution in [-0.2, 0) is 30.3 Å². The molecule has 0 spiro atoms. The van der Waals surface area contributed by atoms with Crippen molar-refractivity contribution in [3.8, 4) is 33.5 Å². The number of nitrogens with one attached hydrogen (secondary N) is 4. The van der Waals surface area contributed by atoms with E-state index in [4.69, 9.17) is 19.9 Å². The maximum atomic E-state index is 10.3. The molecule has 2 bridgehead atoms. The Hall–Kier alpha value is -5.54. The van der Waals surface area contributed by atoms with E-state index in [1.54, 1.807) is 36.5 Å². The number of hydrogen-bond donors (Lipinski definition) is 5. The van der Waals surface area contributed by atoms with E-state index < -0.39 is 0 Å². The molecule has 0 radical (unpaired) electrons. The van der Waals surface area contributed by atoms with Crippen LogP contribution in [0.4, 0.5) is 0 Å². The van der Waals surface area contributed by atoms with E-state index in [1.807, 2.05) is 7.05 Å². The van der Waals surface area contributed by atoms with E-state index in [0.29, 0.717) is 48.5 Å². The van der Waals surface area contributed by atoms with Crippen molar-refractivity contribution < 1.29 is 29.0 Å². The fraction of sp³-hybridized carbons (Fsp3) is 0.552. The first kappa shape index (κ1) is 55.8. The lowest BCUT2D eigenvalue weighted by Crippen LogP contribution is -2.32. The summed E-state index contributed by atoms with van der Waals surface area (Å²) >= 11 is 0. The zero-order chi connectivity index (χ0) is 51.9. The molecule has 72 heavy (non-hydrogen) atoms. The number of carbonyl (C=O) groups excluding carboxylic acids is 3. The number of fused-ring (bicyclic) bond motifs is 9. The summed E-state index contributed by atoms with van der Waals surface area (Å²) in [6.07, 6.45) is 19.3. The molecule has 2 saturated carbocycles. The quantitative estimate of drug-likeness (QED) is 0.0592. The average molecular weight is 987 g/mol. The molecule has 14 nitrogen and oxygen atoms in total. The number of likely N-dealkylation sites (tertiary alicyclic amines) is 2. The first-order chi connectivity index (χ1) is 35.0. The highest BCUT2D eigenvalue weighted by Crippen LogP contribution is 2.61. The largest absolute Gasteiger partial charge is 0.483 e. The van der Waals surface area contributed by atoms with Gasteiger partial charge in [-0.3, -0.25) is 19.4 Å². The molecule has 4 fully saturated rings. The van der Waals surface area contributed by atoms with Crippen LogP contribution >= 0.6 is 0 Å². The Morgan fingerprint density at radius 3 is 1.92 bits per heavy atom. The monoisotopic (exact) mass is 987 g/mol. The molecule has 7 unspecified atom stereocenters. The van der Waals surface area contributed by atoms with Gasteiger partial charge in [0.05, 0.1) is 47.6 Å². The van der Waals surface area contributed by atoms with E-state index in [-0.39, 0.29) is 19.1 Å². The summed E-state index contributed by atoms with van der Waals surface area (Å²) in [6, 6.07) is 17.8. The molecule has 3 aromatic carbocycles. The number of nitrogens with zero attached hydrogens (tertiary/aromatic N) is 4. The van der Waals surface area contributed by atoms with Crippen molar-refractivity contribution in [2.75, 3.05) is 55.0 Å². The molecular weight excluding hydrogens is 905 g/mol. The second kappa shape index (κ2) is 27.0. The molecule has 6 aliphatic rings. The number of aldehydes is 2. The Morgan fingerprint density at radius 2 is 1.40 bits per heavy atom. The number of carboxylic acid groups (broad SMARTS) is 1. The third kappa shape index (κ3) is 12.3. The molecule has 8 atom stereocenters. The van der Waals surface area contributed by atoms with Crippen molar-refractivity contribution in [2.45, 2.75) is 141 Å². The van der Waals surface area contributed by atoms with Crippen LogP contribution in [0.3, 0.4) is 0 Å². The molecule has 4 heterocycles. The van der Waals surface area contributed by atoms with Crippen LogP contribution in [0.5, 0.6) is 0 Å². The molecule has 1 amide bonds. The molecule has 5 N–H and O–H groups in total. The van der Waals surface area contributed by atoms with Gasteiger partial charge >= 0.3 is 0 Å². The summed E-state index contributed by atoms with van der Waals surface area (Å²) in [5.41, 5.74) is 17.3. The maximum absolute atomic E-state index is 10.3. The van der Waals surface area contributed by atoms with Crippen molar-refractivity contribution in [1.82, 2.24) is 40.4 Å². The zero-order valence-electron chi connectivity index (χ0n) is 44.4. The van der Waals surface area contributed by atoms with Crippen molar-refractivity contribution >= 4 is 36.5 Å². The van der Waals surface area contributed by atoms with E-state index >= 15 is 0 Å². The minimum atomic E-state index is -0.250. The van der Waals surface area contributed by atoms with E-state index in [0.717, 1.165) is 48.9 Å². The molecule has 390 valence electrons. The highest BCUT2D eigenvalue weighted by atomic mass is 16.4. The number of carbonyl (C=O) groups is 4. The standard InChI is InChI=1S/C42H46N6.C7H15NO.C3H5NO2.C3H8.C2H6O.CH2O2/c1-47-17-3-5-36(47)41-43-22-35(46-41)29-13-15-31(40-28-11-9-23(28)20-32(29)40)30-14-12-27(38-25-7-8-26(19-25)39(30)38)24-10-16-33-34(21-24)45-42(44-33)37-6-4-18-48(37)2;1-4-6(2)7(5-9)8-3;5-2-1-4-3-6;2*1-3-2;2-1-3/h10,12-16,21-23,25-26,28,36-37H,3-9,11,17-20H2,1-2H3,(H,43,46)(H,44,45);5-8H,4H2,1-3H3;2-3H,1H2,(H,4,6);3H2,1-2H3;1-2H3;1H,(H,2,3)/t23?,25?,26?,28?,36?,37-;;;;;/m0...../s1. The number of rotatable bonds is 12. The lowest BCUT2D eigenvalue weighted by atomic mass is 9.72. The number of imidazole rings is 2. The lowest BCUT2D eigenvalue weighted by Gasteiger charge is -2.32. The summed E-state index contributed by atoms with van der Waals surface area (Å²) in [7, 11) is 9.53. The Labute approximate surface area is 427 Å². The van der Waals surface area contributed by atoms with Gasteiger partial charge in [-0.15, -0.1) is 0 Å². The average Bonchev–Trinajstić information content (AvgIpc) is 4.26. The van der Waals surface area contributed by atoms with Gasteiger partial charge in [-0.2, -0.15) is 0 Å². The van der Waals surface area contributed by atoms with Gasteiger partial charge in [-0.05, 0) is 185 Å². The fourth-order valence-corrected chi connectivity index (χ4v) is 12.1. The number of ether oxygens (including phenoxy) is 1. The Kier molecular flexibility index (Phi) is 20.9. The third-order valence-corrected chi connectivity index (χ3v) is 15.8. The van der Waals surface area contributed by atoms with E-state index in [2.05, 4.69) is 126 Å². The van der Waals surface area contributed by atoms with Crippen LogP contribution in [-0.4, -0.2) is 121 Å². The predicted octanol–water partition coefficient (Wildman–Crippen LogP) is 10.4. The molecule has 11 rings (SSSR count). The maximum Gasteiger partial charge on any atom is 0.290 e. The van der Waals surface area contributed by atoms with Crippen LogP contribution < -0.4 is 10.6 Å². The normalized spacial score (nSPS) is 22.7. The van der Waals surface area contributed by atoms with Crippen LogP contribution in [0.25, 0.3) is 44.5 Å². The Bertz CT molecular complexity index is 2540. The number of amides is 1. The van der Waals surface area contributed by atoms with Crippen molar-refractivity contribution in [3.05, 3.63) is 82.6 Å². The number of methoxy groups -OCH3 is 1. The Balaban J connectivity index is 0.000000298. The first-order valence-electron chi connectivity index (χ1n) is 26.5. The summed E-state index contributed by atoms with van der Waals surface area (Å²) < 4.78 is 4.25. The first-order valence-corrected chi connectivity index (χ1v) is 26.5. The van der Waals surface area contributed by atoms with Gasteiger partial charge in [0.25, 0.3) is 6.47 Å². The molecular formula is C58H82N8O6.